The standard InChI is InChI=1S/C21H33N5O4/c27-20(22-5-1-7-25-9-13-29-14-10-25)18-3-4-19(24-17-18)21(28)23-6-2-8-26-11-15-30-16-12-26/h3-4,17H,1-2,5-16H2,(H,22,27)(H,23,28). The van der Waals surface area contributed by atoms with Crippen LogP contribution in [0.25, 0.3) is 0 Å². The van der Waals surface area contributed by atoms with Gasteiger partial charge in [-0.3, -0.25) is 24.4 Å². The summed E-state index contributed by atoms with van der Waals surface area (Å²) in [4.78, 5) is 33.3. The SMILES string of the molecule is O=C(NCCCN1CCOCC1)c1ccc(C(=O)NCCCN2CCOCC2)nc1. The molecular weight excluding hydrogens is 386 g/mol. The van der Waals surface area contributed by atoms with E-state index in [2.05, 4.69) is 25.4 Å². The number of nitrogens with one attached hydrogen (secondary N) is 2. The molecule has 0 aromatic carbocycles. The highest BCUT2D eigenvalue weighted by atomic mass is 16.5. The molecule has 0 radical (unpaired) electrons. The molecule has 9 heteroatoms. The van der Waals surface area contributed by atoms with Gasteiger partial charge in [-0.15, -0.1) is 0 Å². The molecule has 2 fully saturated rings. The van der Waals surface area contributed by atoms with Crippen molar-refractivity contribution in [2.45, 2.75) is 12.8 Å². The quantitative estimate of drug-likeness (QED) is 0.515. The Bertz CT molecular complexity index is 601. The summed E-state index contributed by atoms with van der Waals surface area (Å²) in [6.07, 6.45) is 3.24. The first kappa shape index (κ1) is 22.6. The molecule has 2 aliphatic heterocycles. The molecule has 1 aromatic heterocycles. The molecule has 2 N–H and O–H groups in total. The fraction of sp³-hybridized carbons (Fsp3) is 0.667. The second-order valence-electron chi connectivity index (χ2n) is 7.56. The predicted molar refractivity (Wildman–Crippen MR) is 113 cm³/mol. The number of aromatic nitrogens is 1. The van der Waals surface area contributed by atoms with Crippen LogP contribution in [0.4, 0.5) is 0 Å². The average molecular weight is 420 g/mol. The Labute approximate surface area is 178 Å². The van der Waals surface area contributed by atoms with Gasteiger partial charge in [-0.1, -0.05) is 0 Å². The summed E-state index contributed by atoms with van der Waals surface area (Å²) in [5, 5.41) is 5.80. The Morgan fingerprint density at radius 2 is 1.37 bits per heavy atom. The van der Waals surface area contributed by atoms with E-state index in [1.807, 2.05) is 0 Å². The van der Waals surface area contributed by atoms with E-state index in [0.29, 0.717) is 24.3 Å². The lowest BCUT2D eigenvalue weighted by Crippen LogP contribution is -2.38. The minimum Gasteiger partial charge on any atom is -0.379 e. The number of hydrogen-bond acceptors (Lipinski definition) is 7. The fourth-order valence-electron chi connectivity index (χ4n) is 3.51. The normalized spacial score (nSPS) is 18.1. The van der Waals surface area contributed by atoms with Gasteiger partial charge in [0.2, 0.25) is 0 Å². The zero-order valence-electron chi connectivity index (χ0n) is 17.6. The molecule has 2 aliphatic rings. The van der Waals surface area contributed by atoms with Crippen LogP contribution in [0.1, 0.15) is 33.7 Å². The number of hydrogen-bond donors (Lipinski definition) is 2. The van der Waals surface area contributed by atoms with E-state index in [4.69, 9.17) is 9.47 Å². The number of carbonyl (C=O) groups is 2. The molecule has 0 spiro atoms. The molecule has 2 amide bonds. The van der Waals surface area contributed by atoms with Gasteiger partial charge in [0.1, 0.15) is 5.69 Å². The second kappa shape index (κ2) is 12.6. The van der Waals surface area contributed by atoms with E-state index in [0.717, 1.165) is 78.5 Å². The Kier molecular flexibility index (Phi) is 9.49. The van der Waals surface area contributed by atoms with E-state index < -0.39 is 0 Å². The van der Waals surface area contributed by atoms with Crippen molar-refractivity contribution in [2.75, 3.05) is 78.8 Å². The molecule has 3 rings (SSSR count). The van der Waals surface area contributed by atoms with Crippen molar-refractivity contribution in [3.63, 3.8) is 0 Å². The van der Waals surface area contributed by atoms with Crippen LogP contribution in [0.2, 0.25) is 0 Å². The number of carbonyl (C=O) groups excluding carboxylic acids is 2. The molecule has 30 heavy (non-hydrogen) atoms. The van der Waals surface area contributed by atoms with Crippen LogP contribution in [-0.2, 0) is 9.47 Å². The highest BCUT2D eigenvalue weighted by Crippen LogP contribution is 2.02. The molecule has 0 bridgehead atoms. The minimum absolute atomic E-state index is 0.165. The van der Waals surface area contributed by atoms with E-state index in [9.17, 15) is 9.59 Å². The fourth-order valence-corrected chi connectivity index (χ4v) is 3.51. The summed E-state index contributed by atoms with van der Waals surface area (Å²) in [5.41, 5.74) is 0.787. The number of nitrogens with zero attached hydrogens (tertiary/aromatic N) is 3. The first-order valence-corrected chi connectivity index (χ1v) is 10.8. The largest absolute Gasteiger partial charge is 0.379 e. The van der Waals surface area contributed by atoms with E-state index in [1.54, 1.807) is 12.1 Å². The predicted octanol–water partition coefficient (Wildman–Crippen LogP) is -0.0142. The van der Waals surface area contributed by atoms with Gasteiger partial charge in [0.25, 0.3) is 11.8 Å². The zero-order valence-corrected chi connectivity index (χ0v) is 17.6. The molecular formula is C21H33N5O4. The Morgan fingerprint density at radius 3 is 1.87 bits per heavy atom. The summed E-state index contributed by atoms with van der Waals surface area (Å²) >= 11 is 0. The molecule has 0 unspecified atom stereocenters. The van der Waals surface area contributed by atoms with Crippen molar-refractivity contribution < 1.29 is 19.1 Å². The van der Waals surface area contributed by atoms with Crippen LogP contribution in [0, 0.1) is 0 Å². The van der Waals surface area contributed by atoms with Crippen LogP contribution in [0.15, 0.2) is 18.3 Å². The molecule has 0 atom stereocenters. The summed E-state index contributed by atoms with van der Waals surface area (Å²) in [6, 6.07) is 3.24. The minimum atomic E-state index is -0.213. The third kappa shape index (κ3) is 7.64. The molecule has 2 saturated heterocycles. The van der Waals surface area contributed by atoms with E-state index in [-0.39, 0.29) is 11.8 Å². The van der Waals surface area contributed by atoms with Crippen LogP contribution >= 0.6 is 0 Å². The van der Waals surface area contributed by atoms with Crippen molar-refractivity contribution >= 4 is 11.8 Å². The molecule has 0 saturated carbocycles. The van der Waals surface area contributed by atoms with Gasteiger partial charge >= 0.3 is 0 Å². The number of pyridine rings is 1. The van der Waals surface area contributed by atoms with Crippen molar-refractivity contribution in [2.24, 2.45) is 0 Å². The van der Waals surface area contributed by atoms with Crippen molar-refractivity contribution in [3.05, 3.63) is 29.6 Å². The van der Waals surface area contributed by atoms with Crippen LogP contribution in [0.3, 0.4) is 0 Å². The lowest BCUT2D eigenvalue weighted by Gasteiger charge is -2.26. The molecule has 3 heterocycles. The average Bonchev–Trinajstić information content (AvgIpc) is 2.81. The van der Waals surface area contributed by atoms with Gasteiger partial charge in [0, 0.05) is 45.5 Å². The Morgan fingerprint density at radius 1 is 0.833 bits per heavy atom. The van der Waals surface area contributed by atoms with Crippen molar-refractivity contribution in [1.29, 1.82) is 0 Å². The van der Waals surface area contributed by atoms with Gasteiger partial charge in [0.15, 0.2) is 0 Å². The van der Waals surface area contributed by atoms with Gasteiger partial charge in [0.05, 0.1) is 32.0 Å². The van der Waals surface area contributed by atoms with Crippen molar-refractivity contribution in [3.8, 4) is 0 Å². The summed E-state index contributed by atoms with van der Waals surface area (Å²) in [7, 11) is 0. The third-order valence-corrected chi connectivity index (χ3v) is 5.34. The van der Waals surface area contributed by atoms with Gasteiger partial charge in [-0.05, 0) is 38.1 Å². The van der Waals surface area contributed by atoms with Crippen LogP contribution < -0.4 is 10.6 Å². The topological polar surface area (TPSA) is 96.0 Å². The maximum atomic E-state index is 12.2. The highest BCUT2D eigenvalue weighted by molar-refractivity contribution is 5.96. The van der Waals surface area contributed by atoms with E-state index >= 15 is 0 Å². The maximum absolute atomic E-state index is 12.2. The molecule has 166 valence electrons. The van der Waals surface area contributed by atoms with Crippen LogP contribution in [-0.4, -0.2) is 105 Å². The first-order chi connectivity index (χ1) is 14.7. The summed E-state index contributed by atoms with van der Waals surface area (Å²) in [5.74, 6) is -0.378. The van der Waals surface area contributed by atoms with Gasteiger partial charge in [-0.2, -0.15) is 0 Å². The van der Waals surface area contributed by atoms with E-state index in [1.165, 1.54) is 6.20 Å². The van der Waals surface area contributed by atoms with Gasteiger partial charge in [-0.25, -0.2) is 0 Å². The second-order valence-corrected chi connectivity index (χ2v) is 7.56. The van der Waals surface area contributed by atoms with Crippen LogP contribution in [0.5, 0.6) is 0 Å². The number of morpholine rings is 2. The Hall–Kier alpha value is -2.07. The first-order valence-electron chi connectivity index (χ1n) is 10.8. The third-order valence-electron chi connectivity index (χ3n) is 5.34. The van der Waals surface area contributed by atoms with Gasteiger partial charge < -0.3 is 20.1 Å². The summed E-state index contributed by atoms with van der Waals surface area (Å²) < 4.78 is 10.7. The lowest BCUT2D eigenvalue weighted by molar-refractivity contribution is 0.0373. The molecule has 1 aromatic rings. The number of rotatable bonds is 10. The number of ether oxygens (including phenoxy) is 2. The smallest absolute Gasteiger partial charge is 0.269 e. The number of amides is 2. The highest BCUT2D eigenvalue weighted by Gasteiger charge is 2.13. The summed E-state index contributed by atoms with van der Waals surface area (Å²) in [6.45, 7) is 10.0. The lowest BCUT2D eigenvalue weighted by atomic mass is 10.2. The Balaban J connectivity index is 1.30. The van der Waals surface area contributed by atoms with Crippen molar-refractivity contribution in [1.82, 2.24) is 25.4 Å². The maximum Gasteiger partial charge on any atom is 0.269 e. The molecule has 0 aliphatic carbocycles. The monoisotopic (exact) mass is 419 g/mol. The zero-order chi connectivity index (χ0) is 21.0. The molecule has 9 nitrogen and oxygen atoms in total.